The zero-order valence-electron chi connectivity index (χ0n) is 9.33. The van der Waals surface area contributed by atoms with Crippen LogP contribution in [0.25, 0.3) is 5.57 Å². The fourth-order valence-corrected chi connectivity index (χ4v) is 1.12. The average molecular weight is 187 g/mol. The minimum Gasteiger partial charge on any atom is -0.266 e. The van der Waals surface area contributed by atoms with E-state index < -0.39 is 0 Å². The van der Waals surface area contributed by atoms with Gasteiger partial charge in [-0.1, -0.05) is 29.8 Å². The molecule has 1 heteroatoms. The van der Waals surface area contributed by atoms with E-state index in [1.54, 1.807) is 0 Å². The lowest BCUT2D eigenvalue weighted by atomic mass is 10.1. The van der Waals surface area contributed by atoms with Gasteiger partial charge in [0.2, 0.25) is 0 Å². The van der Waals surface area contributed by atoms with E-state index in [9.17, 15) is 0 Å². The summed E-state index contributed by atoms with van der Waals surface area (Å²) in [7, 11) is 0. The van der Waals surface area contributed by atoms with Crippen molar-refractivity contribution in [3.63, 3.8) is 0 Å². The van der Waals surface area contributed by atoms with Crippen molar-refractivity contribution in [1.82, 2.24) is 0 Å². The molecule has 0 spiro atoms. The molecule has 0 saturated carbocycles. The molecule has 0 amide bonds. The molecule has 14 heavy (non-hydrogen) atoms. The molecular formula is C13H17N. The fourth-order valence-electron chi connectivity index (χ4n) is 1.12. The number of nitrogens with zero attached hydrogens (tertiary/aromatic N) is 1. The van der Waals surface area contributed by atoms with Crippen molar-refractivity contribution in [3.05, 3.63) is 41.6 Å². The highest BCUT2D eigenvalue weighted by Crippen LogP contribution is 2.14. The van der Waals surface area contributed by atoms with Crippen molar-refractivity contribution in [2.75, 3.05) is 0 Å². The maximum atomic E-state index is 4.28. The lowest BCUT2D eigenvalue weighted by molar-refractivity contribution is 1.42. The second kappa shape index (κ2) is 4.75. The summed E-state index contributed by atoms with van der Waals surface area (Å²) in [5.74, 6) is 0. The predicted molar refractivity (Wildman–Crippen MR) is 63.6 cm³/mol. The molecule has 0 N–H and O–H groups in total. The first kappa shape index (κ1) is 10.7. The summed E-state index contributed by atoms with van der Waals surface area (Å²) >= 11 is 0. The van der Waals surface area contributed by atoms with E-state index >= 15 is 0 Å². The quantitative estimate of drug-likeness (QED) is 0.624. The number of allylic oxidation sites excluding steroid dienone is 1. The van der Waals surface area contributed by atoms with Gasteiger partial charge in [-0.15, -0.1) is 0 Å². The van der Waals surface area contributed by atoms with E-state index in [2.05, 4.69) is 43.1 Å². The monoisotopic (exact) mass is 187 g/mol. The van der Waals surface area contributed by atoms with Gasteiger partial charge >= 0.3 is 0 Å². The van der Waals surface area contributed by atoms with Gasteiger partial charge in [0.05, 0.1) is 0 Å². The van der Waals surface area contributed by atoms with Crippen molar-refractivity contribution >= 4 is 11.3 Å². The van der Waals surface area contributed by atoms with E-state index in [0.29, 0.717) is 0 Å². The first-order chi connectivity index (χ1) is 6.59. The Labute approximate surface area is 86.2 Å². The van der Waals surface area contributed by atoms with E-state index in [4.69, 9.17) is 0 Å². The van der Waals surface area contributed by atoms with E-state index in [-0.39, 0.29) is 0 Å². The molecule has 0 bridgehead atoms. The summed E-state index contributed by atoms with van der Waals surface area (Å²) in [6.45, 7) is 8.17. The maximum Gasteiger partial charge on any atom is 0.0302 e. The molecule has 0 heterocycles. The van der Waals surface area contributed by atoms with Gasteiger partial charge in [-0.2, -0.15) is 0 Å². The van der Waals surface area contributed by atoms with Crippen molar-refractivity contribution in [2.24, 2.45) is 4.99 Å². The van der Waals surface area contributed by atoms with Crippen molar-refractivity contribution in [2.45, 2.75) is 27.7 Å². The number of rotatable bonds is 2. The number of hydrogen-bond donors (Lipinski definition) is 0. The Balaban J connectivity index is 2.89. The summed E-state index contributed by atoms with van der Waals surface area (Å²) in [6.07, 6.45) is 1.92. The molecule has 0 atom stereocenters. The highest BCUT2D eigenvalue weighted by molar-refractivity contribution is 5.80. The van der Waals surface area contributed by atoms with Gasteiger partial charge < -0.3 is 0 Å². The molecule has 1 aromatic rings. The van der Waals surface area contributed by atoms with Gasteiger partial charge in [0.15, 0.2) is 0 Å². The maximum absolute atomic E-state index is 4.28. The molecule has 0 aliphatic rings. The fraction of sp³-hybridized carbons (Fsp3) is 0.308. The Morgan fingerprint density at radius 2 is 1.64 bits per heavy atom. The van der Waals surface area contributed by atoms with Gasteiger partial charge in [0.1, 0.15) is 0 Å². The lowest BCUT2D eigenvalue weighted by Gasteiger charge is -2.00. The Kier molecular flexibility index (Phi) is 3.63. The van der Waals surface area contributed by atoms with Crippen LogP contribution in [-0.4, -0.2) is 5.71 Å². The third kappa shape index (κ3) is 3.17. The van der Waals surface area contributed by atoms with Gasteiger partial charge in [0, 0.05) is 11.9 Å². The molecule has 74 valence electrons. The summed E-state index contributed by atoms with van der Waals surface area (Å²) in [6, 6.07) is 8.49. The number of aliphatic imine (C=N–C) groups is 1. The normalized spacial score (nSPS) is 11.3. The first-order valence-corrected chi connectivity index (χ1v) is 4.84. The highest BCUT2D eigenvalue weighted by atomic mass is 14.7. The number of aryl methyl sites for hydroxylation is 1. The topological polar surface area (TPSA) is 12.4 Å². The summed E-state index contributed by atoms with van der Waals surface area (Å²) in [5.41, 5.74) is 4.81. The lowest BCUT2D eigenvalue weighted by Crippen LogP contribution is -1.81. The van der Waals surface area contributed by atoms with Crippen molar-refractivity contribution in [1.29, 1.82) is 0 Å². The average Bonchev–Trinajstić information content (AvgIpc) is 2.15. The molecule has 1 rings (SSSR count). The van der Waals surface area contributed by atoms with Gasteiger partial charge in [-0.05, 0) is 38.8 Å². The molecule has 0 fully saturated rings. The first-order valence-electron chi connectivity index (χ1n) is 4.84. The van der Waals surface area contributed by atoms with Crippen LogP contribution in [0.4, 0.5) is 0 Å². The van der Waals surface area contributed by atoms with E-state index in [1.165, 1.54) is 16.7 Å². The Morgan fingerprint density at radius 1 is 1.07 bits per heavy atom. The summed E-state index contributed by atoms with van der Waals surface area (Å²) < 4.78 is 0. The minimum absolute atomic E-state index is 1.08. The van der Waals surface area contributed by atoms with Gasteiger partial charge in [-0.3, -0.25) is 4.99 Å². The second-order valence-corrected chi connectivity index (χ2v) is 3.75. The van der Waals surface area contributed by atoms with Crippen LogP contribution in [0.2, 0.25) is 0 Å². The molecule has 1 nitrogen and oxygen atoms in total. The third-order valence-electron chi connectivity index (χ3n) is 2.02. The van der Waals surface area contributed by atoms with E-state index in [0.717, 1.165) is 5.71 Å². The predicted octanol–water partition coefficient (Wildman–Crippen LogP) is 3.84. The van der Waals surface area contributed by atoms with Gasteiger partial charge in [-0.25, -0.2) is 0 Å². The molecule has 1 aromatic carbocycles. The molecule has 0 unspecified atom stereocenters. The molecule has 0 aromatic heterocycles. The summed E-state index contributed by atoms with van der Waals surface area (Å²) in [5, 5.41) is 0. The van der Waals surface area contributed by atoms with Crippen LogP contribution < -0.4 is 0 Å². The SMILES string of the molecule is CC(C)=N/C=C(\C)c1ccc(C)cc1. The van der Waals surface area contributed by atoms with Crippen molar-refractivity contribution in [3.8, 4) is 0 Å². The zero-order valence-corrected chi connectivity index (χ0v) is 9.33. The molecule has 0 aliphatic heterocycles. The smallest absolute Gasteiger partial charge is 0.0302 e. The van der Waals surface area contributed by atoms with Crippen LogP contribution in [0.1, 0.15) is 31.9 Å². The molecule has 0 aliphatic carbocycles. The highest BCUT2D eigenvalue weighted by Gasteiger charge is 1.93. The van der Waals surface area contributed by atoms with E-state index in [1.807, 2.05) is 20.0 Å². The Hall–Kier alpha value is -1.37. The number of benzene rings is 1. The number of hydrogen-bond acceptors (Lipinski definition) is 1. The second-order valence-electron chi connectivity index (χ2n) is 3.75. The molecular weight excluding hydrogens is 170 g/mol. The van der Waals surface area contributed by atoms with Crippen LogP contribution in [0.15, 0.2) is 35.5 Å². The molecule has 0 saturated heterocycles. The van der Waals surface area contributed by atoms with Crippen molar-refractivity contribution < 1.29 is 0 Å². The minimum atomic E-state index is 1.08. The van der Waals surface area contributed by atoms with Crippen LogP contribution in [0, 0.1) is 6.92 Å². The van der Waals surface area contributed by atoms with Crippen LogP contribution in [0.3, 0.4) is 0 Å². The van der Waals surface area contributed by atoms with Crippen LogP contribution in [0.5, 0.6) is 0 Å². The van der Waals surface area contributed by atoms with Crippen LogP contribution in [-0.2, 0) is 0 Å². The third-order valence-corrected chi connectivity index (χ3v) is 2.02. The van der Waals surface area contributed by atoms with Gasteiger partial charge in [0.25, 0.3) is 0 Å². The Morgan fingerprint density at radius 3 is 2.14 bits per heavy atom. The largest absolute Gasteiger partial charge is 0.266 e. The zero-order chi connectivity index (χ0) is 10.6. The summed E-state index contributed by atoms with van der Waals surface area (Å²) in [4.78, 5) is 4.28. The molecule has 0 radical (unpaired) electrons. The Bertz CT molecular complexity index is 351. The van der Waals surface area contributed by atoms with Crippen LogP contribution >= 0.6 is 0 Å². The standard InChI is InChI=1S/C13H17N/c1-10(2)14-9-12(4)13-7-5-11(3)6-8-13/h5-9H,1-4H3/b12-9+.